The first kappa shape index (κ1) is 17.9. The number of ether oxygens (including phenoxy) is 2. The van der Waals surface area contributed by atoms with Crippen molar-refractivity contribution in [1.82, 2.24) is 5.32 Å². The maximum Gasteiger partial charge on any atom is 0.240 e. The number of halogens is 1. The SMILES string of the molecule is COc1cccc(CNC(=O)C2(N)CC2)c1OC1CCCC1.Cl. The van der Waals surface area contributed by atoms with E-state index < -0.39 is 5.54 Å². The average Bonchev–Trinajstić information content (AvgIpc) is 3.08. The van der Waals surface area contributed by atoms with Gasteiger partial charge in [-0.15, -0.1) is 12.4 Å². The second-order valence-corrected chi connectivity index (χ2v) is 6.31. The highest BCUT2D eigenvalue weighted by atomic mass is 35.5. The average molecular weight is 341 g/mol. The zero-order valence-electron chi connectivity index (χ0n) is 13.5. The van der Waals surface area contributed by atoms with E-state index >= 15 is 0 Å². The first-order chi connectivity index (χ1) is 10.6. The molecule has 6 heteroatoms. The largest absolute Gasteiger partial charge is 0.493 e. The number of nitrogens with two attached hydrogens (primary N) is 1. The monoisotopic (exact) mass is 340 g/mol. The normalized spacial score (nSPS) is 18.9. The van der Waals surface area contributed by atoms with Gasteiger partial charge < -0.3 is 20.5 Å². The number of methoxy groups -OCH3 is 1. The van der Waals surface area contributed by atoms with Crippen LogP contribution in [-0.4, -0.2) is 24.7 Å². The fourth-order valence-corrected chi connectivity index (χ4v) is 2.88. The molecule has 3 N–H and O–H groups in total. The van der Waals surface area contributed by atoms with Crippen LogP contribution in [0, 0.1) is 0 Å². The molecular weight excluding hydrogens is 316 g/mol. The van der Waals surface area contributed by atoms with E-state index in [0.29, 0.717) is 12.3 Å². The molecular formula is C17H25ClN2O3. The number of hydrogen-bond acceptors (Lipinski definition) is 4. The number of amides is 1. The van der Waals surface area contributed by atoms with E-state index in [-0.39, 0.29) is 24.4 Å². The van der Waals surface area contributed by atoms with Crippen molar-refractivity contribution in [3.8, 4) is 11.5 Å². The maximum atomic E-state index is 12.0. The topological polar surface area (TPSA) is 73.6 Å². The Hall–Kier alpha value is -1.46. The molecule has 1 amide bonds. The lowest BCUT2D eigenvalue weighted by Gasteiger charge is -2.20. The highest BCUT2D eigenvalue weighted by Crippen LogP contribution is 2.35. The molecule has 0 radical (unpaired) electrons. The Morgan fingerprint density at radius 2 is 2.04 bits per heavy atom. The number of para-hydroxylation sites is 1. The maximum absolute atomic E-state index is 12.0. The lowest BCUT2D eigenvalue weighted by molar-refractivity contribution is -0.123. The van der Waals surface area contributed by atoms with E-state index in [1.54, 1.807) is 7.11 Å². The highest BCUT2D eigenvalue weighted by molar-refractivity contribution is 5.89. The van der Waals surface area contributed by atoms with E-state index in [0.717, 1.165) is 37.0 Å². The van der Waals surface area contributed by atoms with Crippen molar-refractivity contribution in [3.05, 3.63) is 23.8 Å². The first-order valence-corrected chi connectivity index (χ1v) is 8.02. The Kier molecular flexibility index (Phi) is 5.76. The van der Waals surface area contributed by atoms with Gasteiger partial charge in [-0.3, -0.25) is 4.79 Å². The van der Waals surface area contributed by atoms with Crippen molar-refractivity contribution in [2.75, 3.05) is 7.11 Å². The Bertz CT molecular complexity index is 555. The van der Waals surface area contributed by atoms with Crippen molar-refractivity contribution in [2.45, 2.75) is 56.7 Å². The van der Waals surface area contributed by atoms with Gasteiger partial charge in [-0.1, -0.05) is 12.1 Å². The Morgan fingerprint density at radius 3 is 2.65 bits per heavy atom. The molecule has 1 aromatic carbocycles. The minimum absolute atomic E-state index is 0. The van der Waals surface area contributed by atoms with Crippen molar-refractivity contribution < 1.29 is 14.3 Å². The molecule has 3 rings (SSSR count). The van der Waals surface area contributed by atoms with Gasteiger partial charge in [0.1, 0.15) is 0 Å². The summed E-state index contributed by atoms with van der Waals surface area (Å²) in [7, 11) is 1.64. The predicted molar refractivity (Wildman–Crippen MR) is 91.1 cm³/mol. The van der Waals surface area contributed by atoms with Crippen LogP contribution in [-0.2, 0) is 11.3 Å². The van der Waals surface area contributed by atoms with Crippen molar-refractivity contribution in [2.24, 2.45) is 5.73 Å². The summed E-state index contributed by atoms with van der Waals surface area (Å²) >= 11 is 0. The van der Waals surface area contributed by atoms with Crippen LogP contribution in [0.4, 0.5) is 0 Å². The molecule has 2 aliphatic carbocycles. The molecule has 0 aliphatic heterocycles. The van der Waals surface area contributed by atoms with E-state index in [1.807, 2.05) is 18.2 Å². The molecule has 2 saturated carbocycles. The van der Waals surface area contributed by atoms with Crippen molar-refractivity contribution in [3.63, 3.8) is 0 Å². The van der Waals surface area contributed by atoms with Gasteiger partial charge in [0, 0.05) is 12.1 Å². The van der Waals surface area contributed by atoms with Gasteiger partial charge in [-0.25, -0.2) is 0 Å². The second-order valence-electron chi connectivity index (χ2n) is 6.31. The molecule has 0 aromatic heterocycles. The second kappa shape index (κ2) is 7.41. The molecule has 23 heavy (non-hydrogen) atoms. The number of hydrogen-bond donors (Lipinski definition) is 2. The fourth-order valence-electron chi connectivity index (χ4n) is 2.88. The van der Waals surface area contributed by atoms with Gasteiger partial charge in [0.2, 0.25) is 5.91 Å². The standard InChI is InChI=1S/C17H24N2O3.ClH/c1-21-14-8-4-5-12(11-19-16(20)17(18)9-10-17)15(14)22-13-6-2-3-7-13;/h4-5,8,13H,2-3,6-7,9-11,18H2,1H3,(H,19,20);1H. The van der Waals surface area contributed by atoms with Gasteiger partial charge in [-0.2, -0.15) is 0 Å². The lowest BCUT2D eigenvalue weighted by Crippen LogP contribution is -2.42. The van der Waals surface area contributed by atoms with E-state index in [9.17, 15) is 4.79 Å². The number of rotatable bonds is 6. The first-order valence-electron chi connectivity index (χ1n) is 8.02. The summed E-state index contributed by atoms with van der Waals surface area (Å²) in [5, 5.41) is 2.92. The summed E-state index contributed by atoms with van der Waals surface area (Å²) < 4.78 is 11.6. The molecule has 1 aromatic rings. The van der Waals surface area contributed by atoms with E-state index in [2.05, 4.69) is 5.32 Å². The fraction of sp³-hybridized carbons (Fsp3) is 0.588. The van der Waals surface area contributed by atoms with E-state index in [1.165, 1.54) is 12.8 Å². The Morgan fingerprint density at radius 1 is 1.35 bits per heavy atom. The summed E-state index contributed by atoms with van der Waals surface area (Å²) in [4.78, 5) is 12.0. The van der Waals surface area contributed by atoms with Crippen LogP contribution in [0.25, 0.3) is 0 Å². The van der Waals surface area contributed by atoms with Gasteiger partial charge in [-0.05, 0) is 44.6 Å². The smallest absolute Gasteiger partial charge is 0.240 e. The van der Waals surface area contributed by atoms with Crippen LogP contribution in [0.15, 0.2) is 18.2 Å². The Labute approximate surface area is 143 Å². The summed E-state index contributed by atoms with van der Waals surface area (Å²) in [6.45, 7) is 0.414. The number of nitrogens with one attached hydrogen (secondary N) is 1. The summed E-state index contributed by atoms with van der Waals surface area (Å²) in [6.07, 6.45) is 6.36. The van der Waals surface area contributed by atoms with Crippen LogP contribution >= 0.6 is 12.4 Å². The molecule has 0 saturated heterocycles. The minimum atomic E-state index is -0.647. The van der Waals surface area contributed by atoms with Crippen LogP contribution < -0.4 is 20.5 Å². The number of carbonyl (C=O) groups is 1. The number of carbonyl (C=O) groups excluding carboxylic acids is 1. The molecule has 0 bridgehead atoms. The van der Waals surface area contributed by atoms with Crippen LogP contribution in [0.5, 0.6) is 11.5 Å². The molecule has 0 spiro atoms. The number of benzene rings is 1. The zero-order chi connectivity index (χ0) is 15.6. The third-order valence-corrected chi connectivity index (χ3v) is 4.55. The summed E-state index contributed by atoms with van der Waals surface area (Å²) in [6, 6.07) is 5.77. The third kappa shape index (κ3) is 4.09. The van der Waals surface area contributed by atoms with Crippen molar-refractivity contribution in [1.29, 1.82) is 0 Å². The van der Waals surface area contributed by atoms with Crippen LogP contribution in [0.3, 0.4) is 0 Å². The molecule has 0 atom stereocenters. The van der Waals surface area contributed by atoms with E-state index in [4.69, 9.17) is 15.2 Å². The third-order valence-electron chi connectivity index (χ3n) is 4.55. The molecule has 2 fully saturated rings. The summed E-state index contributed by atoms with van der Waals surface area (Å²) in [5.41, 5.74) is 6.20. The van der Waals surface area contributed by atoms with Gasteiger partial charge in [0.25, 0.3) is 0 Å². The van der Waals surface area contributed by atoms with Crippen molar-refractivity contribution >= 4 is 18.3 Å². The molecule has 5 nitrogen and oxygen atoms in total. The van der Waals surface area contributed by atoms with Gasteiger partial charge in [0.15, 0.2) is 11.5 Å². The predicted octanol–water partition coefficient (Wildman–Crippen LogP) is 2.55. The van der Waals surface area contributed by atoms with Crippen LogP contribution in [0.1, 0.15) is 44.1 Å². The zero-order valence-corrected chi connectivity index (χ0v) is 14.3. The molecule has 128 valence electrons. The Balaban J connectivity index is 0.00000192. The summed E-state index contributed by atoms with van der Waals surface area (Å²) in [5.74, 6) is 1.38. The van der Waals surface area contributed by atoms with Gasteiger partial charge >= 0.3 is 0 Å². The lowest BCUT2D eigenvalue weighted by atomic mass is 10.1. The molecule has 2 aliphatic rings. The van der Waals surface area contributed by atoms with Crippen LogP contribution in [0.2, 0.25) is 0 Å². The molecule has 0 unspecified atom stereocenters. The molecule has 0 heterocycles. The quantitative estimate of drug-likeness (QED) is 0.834. The highest BCUT2D eigenvalue weighted by Gasteiger charge is 2.45. The van der Waals surface area contributed by atoms with Gasteiger partial charge in [0.05, 0.1) is 18.8 Å². The minimum Gasteiger partial charge on any atom is -0.493 e.